The van der Waals surface area contributed by atoms with Gasteiger partial charge in [-0.2, -0.15) is 0 Å². The number of likely N-dealkylation sites (tertiary alicyclic amines) is 1. The van der Waals surface area contributed by atoms with Gasteiger partial charge < -0.3 is 5.32 Å². The Balaban J connectivity index is 1.22. The molecule has 0 saturated carbocycles. The van der Waals surface area contributed by atoms with Gasteiger partial charge in [-0.05, 0) is 91.2 Å². The van der Waals surface area contributed by atoms with Gasteiger partial charge in [-0.1, -0.05) is 53.6 Å². The zero-order valence-electron chi connectivity index (χ0n) is 23.0. The summed E-state index contributed by atoms with van der Waals surface area (Å²) < 4.78 is 1.65. The van der Waals surface area contributed by atoms with Gasteiger partial charge in [0.1, 0.15) is 5.15 Å². The number of fused-ring (bicyclic) bond motifs is 2. The third-order valence-corrected chi connectivity index (χ3v) is 8.70. The first-order chi connectivity index (χ1) is 20.4. The van der Waals surface area contributed by atoms with E-state index in [0.29, 0.717) is 18.2 Å². The third-order valence-electron chi connectivity index (χ3n) is 8.24. The molecule has 6 rings (SSSR count). The lowest BCUT2D eigenvalue weighted by molar-refractivity contribution is 0.180. The summed E-state index contributed by atoms with van der Waals surface area (Å²) in [4.78, 5) is 34.5. The van der Waals surface area contributed by atoms with Gasteiger partial charge in [-0.25, -0.2) is 9.78 Å². The van der Waals surface area contributed by atoms with Gasteiger partial charge in [0.25, 0.3) is 5.56 Å². The number of rotatable bonds is 6. The fourth-order valence-corrected chi connectivity index (χ4v) is 6.28. The van der Waals surface area contributed by atoms with Crippen LogP contribution in [0.4, 0.5) is 10.5 Å². The summed E-state index contributed by atoms with van der Waals surface area (Å²) in [5, 5.41) is 4.19. The monoisotopic (exact) mass is 599 g/mol. The summed E-state index contributed by atoms with van der Waals surface area (Å²) >= 11 is 12.0. The molecule has 4 heterocycles. The van der Waals surface area contributed by atoms with Crippen molar-refractivity contribution in [2.24, 2.45) is 0 Å². The molecular weight excluding hydrogens is 569 g/mol. The zero-order valence-corrected chi connectivity index (χ0v) is 24.6. The fraction of sp³-hybridized carbons (Fsp3) is 0.242. The number of pyridine rings is 2. The summed E-state index contributed by atoms with van der Waals surface area (Å²) in [5.41, 5.74) is 4.54. The van der Waals surface area contributed by atoms with E-state index in [1.165, 1.54) is 0 Å². The molecule has 2 aromatic carbocycles. The fourth-order valence-electron chi connectivity index (χ4n) is 5.96. The minimum atomic E-state index is -0.197. The number of aromatic nitrogens is 2. The number of carbonyl (C=O) groups excluding carboxylic acids is 1. The standard InChI is InChI=1S/C33H31Cl2N5O2/c34-26-8-6-24(7-9-26)4-3-16-38-18-13-33(14-19-38)23-40(32(42)37-22-25-12-15-36-30(35)20-25)29-11-10-27(21-28(29)33)39-17-2-1-5-31(39)41/h1-12,15,17,20-21H,13-14,16,18-19,22-23H2,(H,37,42). The van der Waals surface area contributed by atoms with Gasteiger partial charge in [-0.3, -0.25) is 19.2 Å². The molecule has 0 atom stereocenters. The highest BCUT2D eigenvalue weighted by atomic mass is 35.5. The predicted octanol–water partition coefficient (Wildman–Crippen LogP) is 6.32. The van der Waals surface area contributed by atoms with Crippen LogP contribution in [-0.2, 0) is 12.0 Å². The van der Waals surface area contributed by atoms with Crippen LogP contribution in [0, 0.1) is 0 Å². The second-order valence-corrected chi connectivity index (χ2v) is 11.7. The summed E-state index contributed by atoms with van der Waals surface area (Å²) in [6, 6.07) is 22.4. The van der Waals surface area contributed by atoms with Crippen molar-refractivity contribution in [1.82, 2.24) is 19.8 Å². The van der Waals surface area contributed by atoms with E-state index in [4.69, 9.17) is 23.2 Å². The number of halogens is 2. The van der Waals surface area contributed by atoms with E-state index in [1.54, 1.807) is 35.2 Å². The molecule has 1 saturated heterocycles. The SMILES string of the molecule is O=C(NCc1ccnc(Cl)c1)N1CC2(CCN(CC=Cc3ccc(Cl)cc3)CC2)c2cc(-n3ccccc3=O)ccc21. The molecule has 4 aromatic rings. The Labute approximate surface area is 255 Å². The van der Waals surface area contributed by atoms with Crippen molar-refractivity contribution in [3.63, 3.8) is 0 Å². The van der Waals surface area contributed by atoms with Crippen LogP contribution in [0.2, 0.25) is 10.2 Å². The highest BCUT2D eigenvalue weighted by Gasteiger charge is 2.46. The molecule has 0 unspecified atom stereocenters. The van der Waals surface area contributed by atoms with Crippen LogP contribution in [0.3, 0.4) is 0 Å². The van der Waals surface area contributed by atoms with Gasteiger partial charge in [0.2, 0.25) is 0 Å². The Morgan fingerprint density at radius 3 is 2.57 bits per heavy atom. The zero-order chi connectivity index (χ0) is 29.1. The van der Waals surface area contributed by atoms with Crippen LogP contribution in [-0.4, -0.2) is 46.7 Å². The molecule has 1 N–H and O–H groups in total. The molecule has 0 aliphatic carbocycles. The maximum absolute atomic E-state index is 13.5. The van der Waals surface area contributed by atoms with E-state index < -0.39 is 0 Å². The summed E-state index contributed by atoms with van der Waals surface area (Å²) in [6.45, 7) is 3.61. The number of amides is 2. The first kappa shape index (κ1) is 28.2. The topological polar surface area (TPSA) is 70.5 Å². The van der Waals surface area contributed by atoms with Crippen molar-refractivity contribution in [2.45, 2.75) is 24.8 Å². The van der Waals surface area contributed by atoms with Gasteiger partial charge in [-0.15, -0.1) is 0 Å². The van der Waals surface area contributed by atoms with Crippen molar-refractivity contribution >= 4 is 41.0 Å². The van der Waals surface area contributed by atoms with Crippen molar-refractivity contribution in [3.05, 3.63) is 128 Å². The van der Waals surface area contributed by atoms with Crippen molar-refractivity contribution in [1.29, 1.82) is 0 Å². The molecule has 1 fully saturated rings. The van der Waals surface area contributed by atoms with E-state index in [-0.39, 0.29) is 17.0 Å². The Hall–Kier alpha value is -3.91. The van der Waals surface area contributed by atoms with E-state index in [1.807, 2.05) is 53.4 Å². The first-order valence-electron chi connectivity index (χ1n) is 14.0. The minimum Gasteiger partial charge on any atom is -0.334 e. The number of urea groups is 1. The molecule has 2 aliphatic heterocycles. The molecule has 0 bridgehead atoms. The number of anilines is 1. The van der Waals surface area contributed by atoms with Crippen LogP contribution in [0.25, 0.3) is 11.8 Å². The Morgan fingerprint density at radius 2 is 1.81 bits per heavy atom. The summed E-state index contributed by atoms with van der Waals surface area (Å²) in [5.74, 6) is 0. The average molecular weight is 601 g/mol. The molecule has 214 valence electrons. The molecular formula is C33H31Cl2N5O2. The van der Waals surface area contributed by atoms with Gasteiger partial charge in [0, 0.05) is 59.9 Å². The maximum atomic E-state index is 13.5. The van der Waals surface area contributed by atoms with Crippen molar-refractivity contribution < 1.29 is 4.79 Å². The average Bonchev–Trinajstić information content (AvgIpc) is 3.31. The lowest BCUT2D eigenvalue weighted by atomic mass is 9.74. The van der Waals surface area contributed by atoms with Crippen molar-refractivity contribution in [3.8, 4) is 5.69 Å². The van der Waals surface area contributed by atoms with E-state index >= 15 is 0 Å². The smallest absolute Gasteiger partial charge is 0.322 e. The number of benzene rings is 2. The number of hydrogen-bond donors (Lipinski definition) is 1. The van der Waals surface area contributed by atoms with Crippen molar-refractivity contribution in [2.75, 3.05) is 31.1 Å². The second-order valence-electron chi connectivity index (χ2n) is 10.9. The number of nitrogens with one attached hydrogen (secondary N) is 1. The summed E-state index contributed by atoms with van der Waals surface area (Å²) in [6.07, 6.45) is 9.55. The van der Waals surface area contributed by atoms with Gasteiger partial charge in [0.05, 0.1) is 0 Å². The number of hydrogen-bond acceptors (Lipinski definition) is 4. The van der Waals surface area contributed by atoms with E-state index in [2.05, 4.69) is 33.4 Å². The Bertz CT molecular complexity index is 1680. The van der Waals surface area contributed by atoms with E-state index in [9.17, 15) is 9.59 Å². The Morgan fingerprint density at radius 1 is 1.00 bits per heavy atom. The Kier molecular flexibility index (Phi) is 8.16. The minimum absolute atomic E-state index is 0.0857. The molecule has 2 aliphatic rings. The van der Waals surface area contributed by atoms with Crippen LogP contribution in [0.1, 0.15) is 29.5 Å². The van der Waals surface area contributed by atoms with Gasteiger partial charge in [0.15, 0.2) is 0 Å². The molecule has 0 radical (unpaired) electrons. The third kappa shape index (κ3) is 6.00. The molecule has 1 spiro atoms. The van der Waals surface area contributed by atoms with Crippen LogP contribution >= 0.6 is 23.2 Å². The highest BCUT2D eigenvalue weighted by Crippen LogP contribution is 2.47. The summed E-state index contributed by atoms with van der Waals surface area (Å²) in [7, 11) is 0. The molecule has 7 nitrogen and oxygen atoms in total. The largest absolute Gasteiger partial charge is 0.334 e. The number of carbonyl (C=O) groups is 1. The van der Waals surface area contributed by atoms with E-state index in [0.717, 1.165) is 65.6 Å². The predicted molar refractivity (Wildman–Crippen MR) is 169 cm³/mol. The first-order valence-corrected chi connectivity index (χ1v) is 14.8. The lowest BCUT2D eigenvalue weighted by Gasteiger charge is -2.39. The van der Waals surface area contributed by atoms with Gasteiger partial charge >= 0.3 is 6.03 Å². The molecule has 42 heavy (non-hydrogen) atoms. The van der Waals surface area contributed by atoms with Crippen LogP contribution < -0.4 is 15.8 Å². The normalized spacial score (nSPS) is 16.2. The molecule has 2 amide bonds. The second kappa shape index (κ2) is 12.1. The lowest BCUT2D eigenvalue weighted by Crippen LogP contribution is -2.47. The maximum Gasteiger partial charge on any atom is 0.322 e. The van der Waals surface area contributed by atoms with Crippen LogP contribution in [0.5, 0.6) is 0 Å². The molecule has 2 aromatic heterocycles. The van der Waals surface area contributed by atoms with Crippen LogP contribution in [0.15, 0.2) is 96.1 Å². The number of nitrogens with zero attached hydrogens (tertiary/aromatic N) is 4. The quantitative estimate of drug-likeness (QED) is 0.263. The number of piperidine rings is 1. The highest BCUT2D eigenvalue weighted by molar-refractivity contribution is 6.30. The molecule has 9 heteroatoms.